The summed E-state index contributed by atoms with van der Waals surface area (Å²) in [5.41, 5.74) is 0.857. The van der Waals surface area contributed by atoms with E-state index in [0.717, 1.165) is 6.07 Å². The van der Waals surface area contributed by atoms with Crippen molar-refractivity contribution in [3.63, 3.8) is 0 Å². The third-order valence-electron chi connectivity index (χ3n) is 5.69. The van der Waals surface area contributed by atoms with Crippen LogP contribution in [0.4, 0.5) is 4.39 Å². The number of halogens is 1. The third-order valence-corrected chi connectivity index (χ3v) is 5.69. The maximum absolute atomic E-state index is 14.2. The van der Waals surface area contributed by atoms with Crippen LogP contribution < -0.4 is 9.47 Å². The number of aryl methyl sites for hydroxylation is 1. The number of aliphatic hydroxyl groups excluding tert-OH is 1. The molecule has 3 aromatic rings. The molecule has 0 spiro atoms. The molecule has 1 aromatic heterocycles. The van der Waals surface area contributed by atoms with Crippen LogP contribution in [0.15, 0.2) is 64.8 Å². The average Bonchev–Trinajstić information content (AvgIpc) is 3.43. The monoisotopic (exact) mass is 465 g/mol. The van der Waals surface area contributed by atoms with Gasteiger partial charge in [0.15, 0.2) is 11.5 Å². The van der Waals surface area contributed by atoms with Crippen molar-refractivity contribution >= 4 is 17.4 Å². The van der Waals surface area contributed by atoms with Gasteiger partial charge in [-0.2, -0.15) is 0 Å². The molecule has 1 atom stereocenters. The van der Waals surface area contributed by atoms with Crippen molar-refractivity contribution in [3.05, 3.63) is 88.6 Å². The van der Waals surface area contributed by atoms with Gasteiger partial charge in [-0.15, -0.1) is 0 Å². The molecule has 34 heavy (non-hydrogen) atoms. The summed E-state index contributed by atoms with van der Waals surface area (Å²) in [6.07, 6.45) is 1.47. The van der Waals surface area contributed by atoms with E-state index in [1.54, 1.807) is 37.3 Å². The number of ether oxygens (including phenoxy) is 2. The second-order valence-corrected chi connectivity index (χ2v) is 7.81. The lowest BCUT2D eigenvalue weighted by Gasteiger charge is -2.25. The van der Waals surface area contributed by atoms with Gasteiger partial charge >= 0.3 is 0 Å². The number of carbonyl (C=O) groups is 2. The van der Waals surface area contributed by atoms with E-state index < -0.39 is 29.3 Å². The van der Waals surface area contributed by atoms with Gasteiger partial charge in [-0.25, -0.2) is 4.39 Å². The van der Waals surface area contributed by atoms with Gasteiger partial charge in [0.1, 0.15) is 17.3 Å². The summed E-state index contributed by atoms with van der Waals surface area (Å²) in [5, 5.41) is 11.1. The summed E-state index contributed by atoms with van der Waals surface area (Å²) in [7, 11) is 1.48. The van der Waals surface area contributed by atoms with Gasteiger partial charge in [0, 0.05) is 5.56 Å². The van der Waals surface area contributed by atoms with Crippen molar-refractivity contribution in [1.82, 2.24) is 4.90 Å². The molecule has 8 heteroatoms. The van der Waals surface area contributed by atoms with Gasteiger partial charge in [0.05, 0.1) is 38.1 Å². The van der Waals surface area contributed by atoms with Crippen LogP contribution in [0.2, 0.25) is 0 Å². The molecule has 4 rings (SSSR count). The molecule has 0 saturated carbocycles. The Bertz CT molecular complexity index is 1260. The first-order chi connectivity index (χ1) is 16.3. The molecule has 1 saturated heterocycles. The Labute approximate surface area is 196 Å². The van der Waals surface area contributed by atoms with E-state index in [9.17, 15) is 19.1 Å². The molecule has 2 heterocycles. The van der Waals surface area contributed by atoms with Gasteiger partial charge in [0.2, 0.25) is 0 Å². The van der Waals surface area contributed by atoms with Crippen LogP contribution in [0.25, 0.3) is 5.76 Å². The zero-order valence-electron chi connectivity index (χ0n) is 19.0. The van der Waals surface area contributed by atoms with Gasteiger partial charge in [-0.05, 0) is 55.3 Å². The second-order valence-electron chi connectivity index (χ2n) is 7.81. The van der Waals surface area contributed by atoms with Crippen molar-refractivity contribution in [3.8, 4) is 11.5 Å². The van der Waals surface area contributed by atoms with Crippen molar-refractivity contribution < 1.29 is 33.0 Å². The van der Waals surface area contributed by atoms with E-state index in [4.69, 9.17) is 13.9 Å². The van der Waals surface area contributed by atoms with Crippen LogP contribution in [-0.4, -0.2) is 35.4 Å². The topological polar surface area (TPSA) is 89.2 Å². The summed E-state index contributed by atoms with van der Waals surface area (Å²) in [4.78, 5) is 27.5. The van der Waals surface area contributed by atoms with Crippen LogP contribution in [0.3, 0.4) is 0 Å². The molecule has 0 aliphatic carbocycles. The van der Waals surface area contributed by atoms with Crippen LogP contribution in [0.5, 0.6) is 11.5 Å². The van der Waals surface area contributed by atoms with Crippen molar-refractivity contribution in [2.75, 3.05) is 13.7 Å². The Morgan fingerprint density at radius 3 is 2.59 bits per heavy atom. The molecule has 0 bridgehead atoms. The Morgan fingerprint density at radius 2 is 1.94 bits per heavy atom. The number of furan rings is 1. The first-order valence-electron chi connectivity index (χ1n) is 10.7. The number of hydrogen-bond donors (Lipinski definition) is 1. The summed E-state index contributed by atoms with van der Waals surface area (Å²) in [6, 6.07) is 11.6. The number of rotatable bonds is 7. The molecule has 176 valence electrons. The molecule has 0 radical (unpaired) electrons. The molecule has 1 aliphatic heterocycles. The number of carbonyl (C=O) groups excluding carboxylic acids is 2. The minimum atomic E-state index is -0.959. The van der Waals surface area contributed by atoms with E-state index in [-0.39, 0.29) is 17.7 Å². The van der Waals surface area contributed by atoms with Gasteiger partial charge in [0.25, 0.3) is 11.7 Å². The lowest BCUT2D eigenvalue weighted by Crippen LogP contribution is -2.29. The molecule has 1 N–H and O–H groups in total. The fraction of sp³-hybridized carbons (Fsp3) is 0.231. The van der Waals surface area contributed by atoms with E-state index in [0.29, 0.717) is 35.0 Å². The number of ketones is 1. The largest absolute Gasteiger partial charge is 0.507 e. The highest BCUT2D eigenvalue weighted by Crippen LogP contribution is 2.42. The molecule has 7 nitrogen and oxygen atoms in total. The van der Waals surface area contributed by atoms with Gasteiger partial charge in [-0.1, -0.05) is 18.2 Å². The van der Waals surface area contributed by atoms with E-state index in [1.807, 2.05) is 6.92 Å². The lowest BCUT2D eigenvalue weighted by molar-refractivity contribution is -0.140. The van der Waals surface area contributed by atoms with E-state index >= 15 is 0 Å². The zero-order valence-corrected chi connectivity index (χ0v) is 19.0. The van der Waals surface area contributed by atoms with Gasteiger partial charge < -0.3 is 23.9 Å². The first-order valence-corrected chi connectivity index (χ1v) is 10.7. The number of Topliss-reactive ketones (excluding diaryl/α,β-unsaturated/α-hetero) is 1. The Balaban J connectivity index is 1.89. The quantitative estimate of drug-likeness (QED) is 0.308. The number of amides is 1. The highest BCUT2D eigenvalue weighted by Gasteiger charge is 2.46. The van der Waals surface area contributed by atoms with Crippen molar-refractivity contribution in [2.24, 2.45) is 0 Å². The molecule has 1 fully saturated rings. The minimum absolute atomic E-state index is 0.00317. The second kappa shape index (κ2) is 9.43. The fourth-order valence-corrected chi connectivity index (χ4v) is 3.98. The third kappa shape index (κ3) is 4.14. The lowest BCUT2D eigenvalue weighted by atomic mass is 9.94. The fourth-order valence-electron chi connectivity index (χ4n) is 3.98. The number of aliphatic hydroxyl groups is 1. The summed E-state index contributed by atoms with van der Waals surface area (Å²) < 4.78 is 30.6. The van der Waals surface area contributed by atoms with Crippen LogP contribution in [0, 0.1) is 12.7 Å². The Morgan fingerprint density at radius 1 is 1.15 bits per heavy atom. The molecular formula is C26H24FNO6. The van der Waals surface area contributed by atoms with Gasteiger partial charge in [-0.3, -0.25) is 9.59 Å². The number of likely N-dealkylation sites (tertiary alicyclic amines) is 1. The highest BCUT2D eigenvalue weighted by atomic mass is 19.1. The van der Waals surface area contributed by atoms with Crippen molar-refractivity contribution in [2.45, 2.75) is 26.4 Å². The van der Waals surface area contributed by atoms with E-state index in [1.165, 1.54) is 30.4 Å². The predicted molar refractivity (Wildman–Crippen MR) is 122 cm³/mol. The highest BCUT2D eigenvalue weighted by molar-refractivity contribution is 6.46. The minimum Gasteiger partial charge on any atom is -0.507 e. The predicted octanol–water partition coefficient (Wildman–Crippen LogP) is 4.76. The normalized spacial score (nSPS) is 17.3. The molecular weight excluding hydrogens is 441 g/mol. The average molecular weight is 465 g/mol. The smallest absolute Gasteiger partial charge is 0.296 e. The molecule has 1 amide bonds. The standard InChI is InChI=1S/C26H24FNO6/c1-4-33-20-10-9-16(13-21(20)32-3)23-22(24(29)17-8-7-15(2)19(27)12-17)25(30)26(31)28(23)14-18-6-5-11-34-18/h5-13,23,29H,4,14H2,1-3H3/b24-22+. The Hall–Kier alpha value is -4.07. The summed E-state index contributed by atoms with van der Waals surface area (Å²) >= 11 is 0. The molecule has 1 unspecified atom stereocenters. The first kappa shape index (κ1) is 23.1. The molecule has 1 aliphatic rings. The molecule has 2 aromatic carbocycles. The van der Waals surface area contributed by atoms with E-state index in [2.05, 4.69) is 0 Å². The summed E-state index contributed by atoms with van der Waals surface area (Å²) in [5.74, 6) is -1.30. The number of benzene rings is 2. The number of methoxy groups -OCH3 is 1. The zero-order chi connectivity index (χ0) is 24.4. The van der Waals surface area contributed by atoms with Crippen LogP contribution >= 0.6 is 0 Å². The van der Waals surface area contributed by atoms with Crippen LogP contribution in [0.1, 0.15) is 35.4 Å². The number of hydrogen-bond acceptors (Lipinski definition) is 6. The number of nitrogens with zero attached hydrogens (tertiary/aromatic N) is 1. The Kier molecular flexibility index (Phi) is 6.40. The maximum Gasteiger partial charge on any atom is 0.296 e. The van der Waals surface area contributed by atoms with Crippen molar-refractivity contribution in [1.29, 1.82) is 0 Å². The SMILES string of the molecule is CCOc1ccc(C2/C(=C(\O)c3ccc(C)c(F)c3)C(=O)C(=O)N2Cc2ccco2)cc1OC. The van der Waals surface area contributed by atoms with Crippen LogP contribution in [-0.2, 0) is 16.1 Å². The maximum atomic E-state index is 14.2. The summed E-state index contributed by atoms with van der Waals surface area (Å²) in [6.45, 7) is 3.85.